The van der Waals surface area contributed by atoms with Gasteiger partial charge in [0.2, 0.25) is 5.78 Å². The molecule has 0 fully saturated rings. The van der Waals surface area contributed by atoms with Gasteiger partial charge in [-0.1, -0.05) is 62.8 Å². The average Bonchev–Trinajstić information content (AvgIpc) is 2.97. The average molecular weight is 386 g/mol. The molecule has 0 saturated carbocycles. The van der Waals surface area contributed by atoms with E-state index in [1.165, 1.54) is 32.1 Å². The van der Waals surface area contributed by atoms with Crippen LogP contribution in [0.4, 0.5) is 0 Å². The molecule has 144 valence electrons. The minimum atomic E-state index is -0.0289. The van der Waals surface area contributed by atoms with Crippen molar-refractivity contribution < 1.29 is 0 Å². The fourth-order valence-electron chi connectivity index (χ4n) is 3.48. The Morgan fingerprint density at radius 2 is 1.93 bits per heavy atom. The summed E-state index contributed by atoms with van der Waals surface area (Å²) in [6.45, 7) is 5.12. The molecule has 0 aliphatic heterocycles. The summed E-state index contributed by atoms with van der Waals surface area (Å²) >= 11 is 6.08. The second-order valence-corrected chi connectivity index (χ2v) is 7.63. The first-order chi connectivity index (χ1) is 13.1. The number of aryl methyl sites for hydroxylation is 2. The zero-order chi connectivity index (χ0) is 19.2. The minimum absolute atomic E-state index is 0.0289. The second-order valence-electron chi connectivity index (χ2n) is 7.19. The van der Waals surface area contributed by atoms with Crippen LogP contribution in [0.15, 0.2) is 46.4 Å². The van der Waals surface area contributed by atoms with Crippen LogP contribution in [0, 0.1) is 6.92 Å². The van der Waals surface area contributed by atoms with Gasteiger partial charge in [0.1, 0.15) is 0 Å². The van der Waals surface area contributed by atoms with Gasteiger partial charge >= 0.3 is 0 Å². The Morgan fingerprint density at radius 1 is 1.15 bits per heavy atom. The van der Waals surface area contributed by atoms with Gasteiger partial charge in [0.05, 0.1) is 5.69 Å². The number of aromatic nitrogens is 3. The molecule has 0 spiro atoms. The number of hydrogen-bond acceptors (Lipinski definition) is 2. The van der Waals surface area contributed by atoms with E-state index in [0.29, 0.717) is 5.03 Å². The van der Waals surface area contributed by atoms with Gasteiger partial charge in [0, 0.05) is 29.5 Å². The summed E-state index contributed by atoms with van der Waals surface area (Å²) in [6.07, 6.45) is 17.8. The Labute approximate surface area is 165 Å². The summed E-state index contributed by atoms with van der Waals surface area (Å²) in [7, 11) is 0. The molecule has 0 unspecified atom stereocenters. The highest BCUT2D eigenvalue weighted by Crippen LogP contribution is 2.23. The summed E-state index contributed by atoms with van der Waals surface area (Å²) in [5, 5.41) is 0.701. The van der Waals surface area contributed by atoms with Crippen molar-refractivity contribution in [1.29, 1.82) is 0 Å². The molecule has 27 heavy (non-hydrogen) atoms. The summed E-state index contributed by atoms with van der Waals surface area (Å²) in [6, 6.07) is 1.70. The Morgan fingerprint density at radius 3 is 2.74 bits per heavy atom. The number of allylic oxidation sites excluding steroid dienone is 6. The third-order valence-corrected chi connectivity index (χ3v) is 5.30. The first-order valence-corrected chi connectivity index (χ1v) is 10.3. The van der Waals surface area contributed by atoms with Crippen molar-refractivity contribution in [3.8, 4) is 0 Å². The lowest BCUT2D eigenvalue weighted by Gasteiger charge is -2.11. The predicted molar refractivity (Wildman–Crippen MR) is 113 cm³/mol. The fourth-order valence-corrected chi connectivity index (χ4v) is 3.63. The summed E-state index contributed by atoms with van der Waals surface area (Å²) in [5.41, 5.74) is 2.84. The van der Waals surface area contributed by atoms with Gasteiger partial charge < -0.3 is 4.57 Å². The highest BCUT2D eigenvalue weighted by atomic mass is 35.5. The van der Waals surface area contributed by atoms with Crippen molar-refractivity contribution >= 4 is 23.0 Å². The Kier molecular flexibility index (Phi) is 6.73. The standard InChI is InChI=1S/C22H28ClN3O/c1-3-4-5-6-7-8-14-25-17(2)15-21(27)26-16-20(24-22(25)26)18-10-9-11-19(23)13-12-18/h9,11-13,15-16H,3-8,10,14H2,1-2H3. The molecule has 0 radical (unpaired) electrons. The third-order valence-electron chi connectivity index (χ3n) is 5.05. The molecule has 0 amide bonds. The van der Waals surface area contributed by atoms with E-state index in [9.17, 15) is 4.79 Å². The topological polar surface area (TPSA) is 39.3 Å². The maximum Gasteiger partial charge on any atom is 0.259 e. The van der Waals surface area contributed by atoms with E-state index >= 15 is 0 Å². The van der Waals surface area contributed by atoms with Gasteiger partial charge in [0.15, 0.2) is 0 Å². The van der Waals surface area contributed by atoms with E-state index in [2.05, 4.69) is 11.5 Å². The van der Waals surface area contributed by atoms with Gasteiger partial charge in [-0.2, -0.15) is 0 Å². The van der Waals surface area contributed by atoms with Gasteiger partial charge in [-0.3, -0.25) is 9.20 Å². The number of fused-ring (bicyclic) bond motifs is 1. The van der Waals surface area contributed by atoms with Crippen LogP contribution in [0.3, 0.4) is 0 Å². The molecule has 0 aromatic carbocycles. The molecule has 0 atom stereocenters. The van der Waals surface area contributed by atoms with Crippen LogP contribution in [-0.4, -0.2) is 14.0 Å². The van der Waals surface area contributed by atoms with Crippen molar-refractivity contribution in [3.63, 3.8) is 0 Å². The van der Waals surface area contributed by atoms with Crippen LogP contribution < -0.4 is 5.56 Å². The van der Waals surface area contributed by atoms with Crippen molar-refractivity contribution in [2.45, 2.75) is 65.3 Å². The van der Waals surface area contributed by atoms with Gasteiger partial charge in [-0.25, -0.2) is 4.98 Å². The number of nitrogens with zero attached hydrogens (tertiary/aromatic N) is 3. The lowest BCUT2D eigenvalue weighted by Crippen LogP contribution is -2.18. The number of rotatable bonds is 8. The van der Waals surface area contributed by atoms with Crippen LogP contribution in [-0.2, 0) is 6.54 Å². The quantitative estimate of drug-likeness (QED) is 0.552. The van der Waals surface area contributed by atoms with Crippen molar-refractivity contribution in [1.82, 2.24) is 14.0 Å². The van der Waals surface area contributed by atoms with Gasteiger partial charge in [-0.15, -0.1) is 0 Å². The summed E-state index contributed by atoms with van der Waals surface area (Å²) in [5.74, 6) is 0.729. The molecule has 1 aliphatic rings. The van der Waals surface area contributed by atoms with E-state index in [4.69, 9.17) is 16.6 Å². The molecule has 3 rings (SSSR count). The molecule has 1 aliphatic carbocycles. The molecule has 0 N–H and O–H groups in total. The molecular weight excluding hydrogens is 358 g/mol. The van der Waals surface area contributed by atoms with Gasteiger partial charge in [0.25, 0.3) is 5.56 Å². The predicted octanol–water partition coefficient (Wildman–Crippen LogP) is 5.63. The Bertz CT molecular complexity index is 946. The summed E-state index contributed by atoms with van der Waals surface area (Å²) in [4.78, 5) is 17.3. The number of imidazole rings is 1. The maximum atomic E-state index is 12.5. The highest BCUT2D eigenvalue weighted by Gasteiger charge is 2.13. The first kappa shape index (κ1) is 19.7. The molecule has 2 aromatic rings. The largest absolute Gasteiger partial charge is 0.315 e. The number of unbranched alkanes of at least 4 members (excludes halogenated alkanes) is 5. The highest BCUT2D eigenvalue weighted by molar-refractivity contribution is 6.31. The zero-order valence-corrected chi connectivity index (χ0v) is 17.0. The maximum absolute atomic E-state index is 12.5. The summed E-state index contributed by atoms with van der Waals surface area (Å²) < 4.78 is 3.83. The van der Waals surface area contributed by atoms with Crippen LogP contribution in [0.1, 0.15) is 63.3 Å². The molecule has 2 aromatic heterocycles. The number of halogens is 1. The van der Waals surface area contributed by atoms with Crippen LogP contribution in [0.5, 0.6) is 0 Å². The first-order valence-electron chi connectivity index (χ1n) is 9.93. The molecule has 5 heteroatoms. The fraction of sp³-hybridized carbons (Fsp3) is 0.455. The van der Waals surface area contributed by atoms with Crippen LogP contribution in [0.25, 0.3) is 11.4 Å². The SMILES string of the molecule is CCCCCCCCn1c(C)cc(=O)n2cc(C3=CC=C(Cl)C=CC3)nc12. The second kappa shape index (κ2) is 9.23. The minimum Gasteiger partial charge on any atom is -0.315 e. The monoisotopic (exact) mass is 385 g/mol. The Hall–Kier alpha value is -2.07. The molecule has 0 bridgehead atoms. The van der Waals surface area contributed by atoms with Crippen LogP contribution in [0.2, 0.25) is 0 Å². The van der Waals surface area contributed by atoms with E-state index in [1.54, 1.807) is 10.5 Å². The van der Waals surface area contributed by atoms with Crippen molar-refractivity contribution in [2.75, 3.05) is 0 Å². The van der Waals surface area contributed by atoms with E-state index in [0.717, 1.165) is 42.1 Å². The van der Waals surface area contributed by atoms with Crippen molar-refractivity contribution in [3.05, 3.63) is 63.3 Å². The molecular formula is C22H28ClN3O. The zero-order valence-electron chi connectivity index (χ0n) is 16.2. The normalized spacial score (nSPS) is 14.3. The van der Waals surface area contributed by atoms with E-state index in [-0.39, 0.29) is 5.56 Å². The van der Waals surface area contributed by atoms with Crippen molar-refractivity contribution in [2.24, 2.45) is 0 Å². The third kappa shape index (κ3) is 4.81. The molecule has 4 nitrogen and oxygen atoms in total. The number of hydrogen-bond donors (Lipinski definition) is 0. The van der Waals surface area contributed by atoms with E-state index < -0.39 is 0 Å². The lowest BCUT2D eigenvalue weighted by molar-refractivity contribution is 0.552. The smallest absolute Gasteiger partial charge is 0.259 e. The Balaban J connectivity index is 1.85. The molecule has 2 heterocycles. The van der Waals surface area contributed by atoms with E-state index in [1.807, 2.05) is 37.4 Å². The lowest BCUT2D eigenvalue weighted by atomic mass is 10.1. The van der Waals surface area contributed by atoms with Crippen LogP contribution >= 0.6 is 11.6 Å². The van der Waals surface area contributed by atoms with Gasteiger partial charge in [-0.05, 0) is 37.5 Å². The molecule has 0 saturated heterocycles.